The van der Waals surface area contributed by atoms with E-state index in [0.29, 0.717) is 12.1 Å². The van der Waals surface area contributed by atoms with Gasteiger partial charge in [-0.15, -0.1) is 0 Å². The molecule has 0 spiro atoms. The summed E-state index contributed by atoms with van der Waals surface area (Å²) < 4.78 is 5.35. The highest BCUT2D eigenvalue weighted by molar-refractivity contribution is 5.94. The molecule has 0 aliphatic carbocycles. The van der Waals surface area contributed by atoms with Crippen LogP contribution in [0.3, 0.4) is 0 Å². The first kappa shape index (κ1) is 16.5. The van der Waals surface area contributed by atoms with Gasteiger partial charge in [-0.2, -0.15) is 0 Å². The van der Waals surface area contributed by atoms with Gasteiger partial charge in [0.1, 0.15) is 5.82 Å². The van der Waals surface area contributed by atoms with Crippen LogP contribution < -0.4 is 10.2 Å². The maximum Gasteiger partial charge on any atom is 0.251 e. The summed E-state index contributed by atoms with van der Waals surface area (Å²) in [6, 6.07) is 9.77. The molecule has 1 N–H and O–H groups in total. The van der Waals surface area contributed by atoms with Gasteiger partial charge in [0, 0.05) is 31.4 Å². The van der Waals surface area contributed by atoms with Crippen LogP contribution in [-0.2, 0) is 11.3 Å². The normalized spacial score (nSPS) is 14.5. The van der Waals surface area contributed by atoms with Crippen LogP contribution in [0.2, 0.25) is 0 Å². The summed E-state index contributed by atoms with van der Waals surface area (Å²) in [5.41, 5.74) is 3.99. The van der Waals surface area contributed by atoms with Crippen molar-refractivity contribution in [3.05, 3.63) is 58.8 Å². The molecule has 24 heavy (non-hydrogen) atoms. The largest absolute Gasteiger partial charge is 0.378 e. The van der Waals surface area contributed by atoms with Gasteiger partial charge in [0.15, 0.2) is 0 Å². The van der Waals surface area contributed by atoms with Crippen molar-refractivity contribution in [2.24, 2.45) is 0 Å². The lowest BCUT2D eigenvalue weighted by molar-refractivity contribution is 0.0950. The van der Waals surface area contributed by atoms with Gasteiger partial charge in [-0.05, 0) is 48.7 Å². The topological polar surface area (TPSA) is 54.5 Å². The molecular weight excluding hydrogens is 302 g/mol. The lowest BCUT2D eigenvalue weighted by atomic mass is 10.1. The van der Waals surface area contributed by atoms with E-state index in [1.165, 1.54) is 5.56 Å². The number of aromatic nitrogens is 1. The number of nitrogens with one attached hydrogen (secondary N) is 1. The number of carbonyl (C=O) groups is 1. The van der Waals surface area contributed by atoms with E-state index in [-0.39, 0.29) is 5.91 Å². The monoisotopic (exact) mass is 325 g/mol. The number of carbonyl (C=O) groups excluding carboxylic acids is 1. The molecular formula is C19H23N3O2. The molecule has 0 saturated carbocycles. The van der Waals surface area contributed by atoms with Crippen LogP contribution in [-0.4, -0.2) is 37.2 Å². The van der Waals surface area contributed by atoms with Crippen LogP contribution in [0, 0.1) is 13.8 Å². The number of amides is 1. The van der Waals surface area contributed by atoms with E-state index in [0.717, 1.165) is 43.2 Å². The number of aryl methyl sites for hydroxylation is 2. The number of pyridine rings is 1. The Labute approximate surface area is 142 Å². The number of morpholine rings is 1. The number of hydrogen-bond donors (Lipinski definition) is 1. The number of nitrogens with zero attached hydrogens (tertiary/aromatic N) is 2. The number of ether oxygens (including phenoxy) is 1. The van der Waals surface area contributed by atoms with E-state index < -0.39 is 0 Å². The van der Waals surface area contributed by atoms with Crippen molar-refractivity contribution in [2.45, 2.75) is 20.4 Å². The predicted molar refractivity (Wildman–Crippen MR) is 94.4 cm³/mol. The SMILES string of the molecule is Cc1ccc(C(=O)NCc2ccc(N3CCOCC3)nc2)cc1C. The Morgan fingerprint density at radius 2 is 1.96 bits per heavy atom. The van der Waals surface area contributed by atoms with Gasteiger partial charge in [0.25, 0.3) is 5.91 Å². The van der Waals surface area contributed by atoms with E-state index in [2.05, 4.69) is 15.2 Å². The van der Waals surface area contributed by atoms with E-state index >= 15 is 0 Å². The summed E-state index contributed by atoms with van der Waals surface area (Å²) in [7, 11) is 0. The van der Waals surface area contributed by atoms with Crippen molar-refractivity contribution in [1.82, 2.24) is 10.3 Å². The number of benzene rings is 1. The molecule has 0 unspecified atom stereocenters. The smallest absolute Gasteiger partial charge is 0.251 e. The third-order valence-corrected chi connectivity index (χ3v) is 4.37. The number of rotatable bonds is 4. The molecule has 1 fully saturated rings. The Hall–Kier alpha value is -2.40. The van der Waals surface area contributed by atoms with Crippen molar-refractivity contribution >= 4 is 11.7 Å². The molecule has 1 aliphatic rings. The van der Waals surface area contributed by atoms with E-state index in [1.54, 1.807) is 0 Å². The zero-order valence-corrected chi connectivity index (χ0v) is 14.2. The molecule has 1 amide bonds. The molecule has 1 aromatic carbocycles. The first-order valence-corrected chi connectivity index (χ1v) is 8.26. The van der Waals surface area contributed by atoms with Crippen LogP contribution in [0.25, 0.3) is 0 Å². The Bertz CT molecular complexity index is 707. The minimum atomic E-state index is -0.0599. The third kappa shape index (κ3) is 3.92. The van der Waals surface area contributed by atoms with Crippen molar-refractivity contribution < 1.29 is 9.53 Å². The van der Waals surface area contributed by atoms with Gasteiger partial charge in [-0.1, -0.05) is 12.1 Å². The van der Waals surface area contributed by atoms with Crippen LogP contribution in [0.5, 0.6) is 0 Å². The Morgan fingerprint density at radius 1 is 1.17 bits per heavy atom. The second kappa shape index (κ2) is 7.45. The summed E-state index contributed by atoms with van der Waals surface area (Å²) in [6.45, 7) is 7.76. The molecule has 3 rings (SSSR count). The van der Waals surface area contributed by atoms with Crippen molar-refractivity contribution in [2.75, 3.05) is 31.2 Å². The van der Waals surface area contributed by atoms with Crippen LogP contribution in [0.15, 0.2) is 36.5 Å². The summed E-state index contributed by atoms with van der Waals surface area (Å²) in [6.07, 6.45) is 1.82. The first-order chi connectivity index (χ1) is 11.6. The Morgan fingerprint density at radius 3 is 2.62 bits per heavy atom. The van der Waals surface area contributed by atoms with E-state index in [4.69, 9.17) is 4.74 Å². The lowest BCUT2D eigenvalue weighted by Gasteiger charge is -2.27. The maximum absolute atomic E-state index is 12.2. The zero-order valence-electron chi connectivity index (χ0n) is 14.2. The molecule has 1 aliphatic heterocycles. The molecule has 126 valence electrons. The Balaban J connectivity index is 1.57. The quantitative estimate of drug-likeness (QED) is 0.938. The highest BCUT2D eigenvalue weighted by Gasteiger charge is 2.12. The van der Waals surface area contributed by atoms with E-state index in [9.17, 15) is 4.79 Å². The second-order valence-corrected chi connectivity index (χ2v) is 6.11. The molecule has 2 heterocycles. The van der Waals surface area contributed by atoms with Crippen molar-refractivity contribution in [1.29, 1.82) is 0 Å². The highest BCUT2D eigenvalue weighted by atomic mass is 16.5. The predicted octanol–water partition coefficient (Wildman–Crippen LogP) is 2.47. The summed E-state index contributed by atoms with van der Waals surface area (Å²) in [4.78, 5) is 18.9. The zero-order chi connectivity index (χ0) is 16.9. The molecule has 2 aromatic rings. The fourth-order valence-electron chi connectivity index (χ4n) is 2.67. The average molecular weight is 325 g/mol. The second-order valence-electron chi connectivity index (χ2n) is 6.11. The lowest BCUT2D eigenvalue weighted by Crippen LogP contribution is -2.36. The fraction of sp³-hybridized carbons (Fsp3) is 0.368. The van der Waals surface area contributed by atoms with Crippen LogP contribution in [0.4, 0.5) is 5.82 Å². The highest BCUT2D eigenvalue weighted by Crippen LogP contribution is 2.13. The van der Waals surface area contributed by atoms with Crippen LogP contribution in [0.1, 0.15) is 27.0 Å². The molecule has 1 aromatic heterocycles. The number of hydrogen-bond acceptors (Lipinski definition) is 4. The molecule has 0 atom stereocenters. The minimum Gasteiger partial charge on any atom is -0.378 e. The van der Waals surface area contributed by atoms with Gasteiger partial charge >= 0.3 is 0 Å². The summed E-state index contributed by atoms with van der Waals surface area (Å²) in [5.74, 6) is 0.901. The standard InChI is InChI=1S/C19H23N3O2/c1-14-3-5-17(11-15(14)2)19(23)21-13-16-4-6-18(20-12-16)22-7-9-24-10-8-22/h3-6,11-12H,7-10,13H2,1-2H3,(H,21,23). The average Bonchev–Trinajstić information content (AvgIpc) is 2.63. The van der Waals surface area contributed by atoms with Crippen molar-refractivity contribution in [3.8, 4) is 0 Å². The Kier molecular flexibility index (Phi) is 5.11. The van der Waals surface area contributed by atoms with Crippen molar-refractivity contribution in [3.63, 3.8) is 0 Å². The molecule has 5 nitrogen and oxygen atoms in total. The minimum absolute atomic E-state index is 0.0599. The van der Waals surface area contributed by atoms with Gasteiger partial charge in [0.05, 0.1) is 13.2 Å². The van der Waals surface area contributed by atoms with Gasteiger partial charge in [0.2, 0.25) is 0 Å². The van der Waals surface area contributed by atoms with E-state index in [1.807, 2.05) is 50.4 Å². The summed E-state index contributed by atoms with van der Waals surface area (Å²) in [5, 5.41) is 2.95. The van der Waals surface area contributed by atoms with Gasteiger partial charge < -0.3 is 15.0 Å². The molecule has 5 heteroatoms. The maximum atomic E-state index is 12.2. The molecule has 0 bridgehead atoms. The number of anilines is 1. The third-order valence-electron chi connectivity index (χ3n) is 4.37. The fourth-order valence-corrected chi connectivity index (χ4v) is 2.67. The molecule has 0 radical (unpaired) electrons. The van der Waals surface area contributed by atoms with Gasteiger partial charge in [-0.3, -0.25) is 4.79 Å². The van der Waals surface area contributed by atoms with Gasteiger partial charge in [-0.25, -0.2) is 4.98 Å². The molecule has 1 saturated heterocycles. The van der Waals surface area contributed by atoms with Crippen LogP contribution >= 0.6 is 0 Å². The first-order valence-electron chi connectivity index (χ1n) is 8.26. The summed E-state index contributed by atoms with van der Waals surface area (Å²) >= 11 is 0.